The van der Waals surface area contributed by atoms with E-state index >= 15 is 0 Å². The minimum atomic E-state index is -0.745. The summed E-state index contributed by atoms with van der Waals surface area (Å²) in [5.41, 5.74) is 1.27. The molecule has 1 aliphatic heterocycles. The number of fused-ring (bicyclic) bond motifs is 1. The van der Waals surface area contributed by atoms with Crippen LogP contribution in [0.4, 0.5) is 0 Å². The van der Waals surface area contributed by atoms with Gasteiger partial charge in [-0.15, -0.1) is 0 Å². The molecule has 1 aromatic rings. The predicted octanol–water partition coefficient (Wildman–Crippen LogP) is 1.99. The van der Waals surface area contributed by atoms with Crippen LogP contribution in [0.25, 0.3) is 0 Å². The maximum Gasteiger partial charge on any atom is 0.155 e. The van der Waals surface area contributed by atoms with Crippen LogP contribution >= 0.6 is 0 Å². The van der Waals surface area contributed by atoms with Crippen molar-refractivity contribution in [3.8, 4) is 0 Å². The van der Waals surface area contributed by atoms with E-state index in [9.17, 15) is 4.55 Å². The molecule has 0 bridgehead atoms. The van der Waals surface area contributed by atoms with Gasteiger partial charge in [0.05, 0.1) is 0 Å². The third-order valence-corrected chi connectivity index (χ3v) is 3.98. The SMILES string of the molecule is CC1Cc2ccccc2[S+]([O-])C1. The maximum absolute atomic E-state index is 11.6. The highest BCUT2D eigenvalue weighted by molar-refractivity contribution is 7.91. The molecule has 1 aliphatic rings. The molecule has 0 fully saturated rings. The molecule has 0 saturated heterocycles. The smallest absolute Gasteiger partial charge is 0.155 e. The summed E-state index contributed by atoms with van der Waals surface area (Å²) in [7, 11) is 0. The third kappa shape index (κ3) is 1.37. The summed E-state index contributed by atoms with van der Waals surface area (Å²) >= 11 is -0.745. The van der Waals surface area contributed by atoms with Crippen molar-refractivity contribution in [2.24, 2.45) is 5.92 Å². The van der Waals surface area contributed by atoms with Crippen LogP contribution in [0, 0.1) is 5.92 Å². The van der Waals surface area contributed by atoms with Gasteiger partial charge in [0.25, 0.3) is 0 Å². The number of benzene rings is 1. The molecule has 0 N–H and O–H groups in total. The lowest BCUT2D eigenvalue weighted by Gasteiger charge is -2.23. The monoisotopic (exact) mass is 180 g/mol. The standard InChI is InChI=1S/C10H12OS/c1-8-6-9-4-2-3-5-10(9)12(11)7-8/h2-5,8H,6-7H2,1H3. The molecule has 0 aromatic heterocycles. The molecule has 0 aliphatic carbocycles. The highest BCUT2D eigenvalue weighted by Crippen LogP contribution is 2.27. The van der Waals surface area contributed by atoms with E-state index in [1.165, 1.54) is 5.56 Å². The van der Waals surface area contributed by atoms with Crippen molar-refractivity contribution < 1.29 is 4.55 Å². The topological polar surface area (TPSA) is 23.1 Å². The molecule has 12 heavy (non-hydrogen) atoms. The van der Waals surface area contributed by atoms with E-state index in [0.29, 0.717) is 5.92 Å². The summed E-state index contributed by atoms with van der Waals surface area (Å²) in [5, 5.41) is 0. The minimum Gasteiger partial charge on any atom is -0.611 e. The van der Waals surface area contributed by atoms with Crippen LogP contribution < -0.4 is 0 Å². The fraction of sp³-hybridized carbons (Fsp3) is 0.400. The summed E-state index contributed by atoms with van der Waals surface area (Å²) in [4.78, 5) is 1.05. The fourth-order valence-corrected chi connectivity index (χ4v) is 3.17. The number of hydrogen-bond acceptors (Lipinski definition) is 1. The van der Waals surface area contributed by atoms with Gasteiger partial charge in [-0.3, -0.25) is 0 Å². The molecule has 0 spiro atoms. The van der Waals surface area contributed by atoms with Gasteiger partial charge in [0.2, 0.25) is 0 Å². The average molecular weight is 180 g/mol. The van der Waals surface area contributed by atoms with Gasteiger partial charge in [-0.1, -0.05) is 25.1 Å². The van der Waals surface area contributed by atoms with Crippen molar-refractivity contribution in [1.29, 1.82) is 0 Å². The fourth-order valence-electron chi connectivity index (χ4n) is 1.68. The molecule has 1 nitrogen and oxygen atoms in total. The van der Waals surface area contributed by atoms with Gasteiger partial charge in [-0.25, -0.2) is 0 Å². The average Bonchev–Trinajstić information content (AvgIpc) is 2.04. The lowest BCUT2D eigenvalue weighted by molar-refractivity contribution is 0.551. The van der Waals surface area contributed by atoms with Crippen LogP contribution in [0.3, 0.4) is 0 Å². The van der Waals surface area contributed by atoms with Crippen molar-refractivity contribution in [2.75, 3.05) is 5.75 Å². The van der Waals surface area contributed by atoms with Crippen LogP contribution in [0.1, 0.15) is 12.5 Å². The van der Waals surface area contributed by atoms with Crippen molar-refractivity contribution in [1.82, 2.24) is 0 Å². The molecule has 2 rings (SSSR count). The van der Waals surface area contributed by atoms with Gasteiger partial charge >= 0.3 is 0 Å². The first-order chi connectivity index (χ1) is 5.77. The second kappa shape index (κ2) is 3.11. The molecule has 0 amide bonds. The van der Waals surface area contributed by atoms with Gasteiger partial charge in [0.1, 0.15) is 5.75 Å². The Labute approximate surface area is 76.0 Å². The van der Waals surface area contributed by atoms with Crippen LogP contribution in [0.15, 0.2) is 29.2 Å². The van der Waals surface area contributed by atoms with Gasteiger partial charge in [0, 0.05) is 11.5 Å². The molecule has 2 atom stereocenters. The molecular formula is C10H12OS. The first-order valence-corrected chi connectivity index (χ1v) is 5.55. The van der Waals surface area contributed by atoms with Crippen molar-refractivity contribution in [2.45, 2.75) is 18.2 Å². The summed E-state index contributed by atoms with van der Waals surface area (Å²) in [5.74, 6) is 1.40. The van der Waals surface area contributed by atoms with E-state index in [1.54, 1.807) is 0 Å². The second-order valence-corrected chi connectivity index (χ2v) is 4.89. The molecule has 0 saturated carbocycles. The van der Waals surface area contributed by atoms with Crippen molar-refractivity contribution in [3.63, 3.8) is 0 Å². The molecule has 2 unspecified atom stereocenters. The first-order valence-electron chi connectivity index (χ1n) is 4.23. The number of hydrogen-bond donors (Lipinski definition) is 0. The Bertz CT molecular complexity index is 285. The largest absolute Gasteiger partial charge is 0.611 e. The zero-order valence-electron chi connectivity index (χ0n) is 7.12. The summed E-state index contributed by atoms with van der Waals surface area (Å²) in [6.07, 6.45) is 1.09. The molecule has 64 valence electrons. The predicted molar refractivity (Wildman–Crippen MR) is 50.6 cm³/mol. The van der Waals surface area contributed by atoms with E-state index < -0.39 is 11.2 Å². The van der Waals surface area contributed by atoms with E-state index in [2.05, 4.69) is 13.0 Å². The Morgan fingerprint density at radius 1 is 1.42 bits per heavy atom. The zero-order valence-corrected chi connectivity index (χ0v) is 7.93. The lowest BCUT2D eigenvalue weighted by Crippen LogP contribution is -2.23. The Morgan fingerprint density at radius 2 is 2.17 bits per heavy atom. The van der Waals surface area contributed by atoms with E-state index in [4.69, 9.17) is 0 Å². The Hall–Kier alpha value is -0.470. The highest BCUT2D eigenvalue weighted by Gasteiger charge is 2.25. The van der Waals surface area contributed by atoms with Gasteiger partial charge < -0.3 is 4.55 Å². The molecule has 1 heterocycles. The molecule has 0 radical (unpaired) electrons. The number of rotatable bonds is 0. The maximum atomic E-state index is 11.6. The molecular weight excluding hydrogens is 168 g/mol. The van der Waals surface area contributed by atoms with Crippen molar-refractivity contribution in [3.05, 3.63) is 29.8 Å². The van der Waals surface area contributed by atoms with Crippen LogP contribution in [-0.4, -0.2) is 10.3 Å². The molecule has 1 aromatic carbocycles. The second-order valence-electron chi connectivity index (χ2n) is 3.43. The Morgan fingerprint density at radius 3 is 3.00 bits per heavy atom. The Balaban J connectivity index is 2.40. The summed E-state index contributed by atoms with van der Waals surface area (Å²) < 4.78 is 11.6. The molecule has 2 heteroatoms. The lowest BCUT2D eigenvalue weighted by atomic mass is 10.0. The van der Waals surface area contributed by atoms with Gasteiger partial charge in [-0.2, -0.15) is 0 Å². The zero-order chi connectivity index (χ0) is 8.55. The normalized spacial score (nSPS) is 28.2. The highest BCUT2D eigenvalue weighted by atomic mass is 32.2. The van der Waals surface area contributed by atoms with Crippen LogP contribution in [0.5, 0.6) is 0 Å². The minimum absolute atomic E-state index is 0.570. The van der Waals surface area contributed by atoms with Crippen LogP contribution in [-0.2, 0) is 17.6 Å². The van der Waals surface area contributed by atoms with E-state index in [1.807, 2.05) is 18.2 Å². The summed E-state index contributed by atoms with van der Waals surface area (Å²) in [6.45, 7) is 2.16. The van der Waals surface area contributed by atoms with E-state index in [0.717, 1.165) is 17.1 Å². The van der Waals surface area contributed by atoms with E-state index in [-0.39, 0.29) is 0 Å². The van der Waals surface area contributed by atoms with Crippen molar-refractivity contribution >= 4 is 11.2 Å². The van der Waals surface area contributed by atoms with Gasteiger partial charge in [-0.05, 0) is 23.7 Å². The summed E-state index contributed by atoms with van der Waals surface area (Å²) in [6, 6.07) is 8.06. The van der Waals surface area contributed by atoms with Crippen LogP contribution in [0.2, 0.25) is 0 Å². The quantitative estimate of drug-likeness (QED) is 0.560. The Kier molecular flexibility index (Phi) is 2.11. The van der Waals surface area contributed by atoms with Gasteiger partial charge in [0.15, 0.2) is 4.90 Å². The first kappa shape index (κ1) is 8.14. The third-order valence-electron chi connectivity index (χ3n) is 2.22.